The van der Waals surface area contributed by atoms with Crippen LogP contribution in [0.15, 0.2) is 12.1 Å². The number of hydrogen-bond donors (Lipinski definition) is 9. The van der Waals surface area contributed by atoms with Crippen molar-refractivity contribution in [2.24, 2.45) is 5.92 Å². The molecule has 4 saturated heterocycles. The van der Waals surface area contributed by atoms with Gasteiger partial charge in [-0.25, -0.2) is 0 Å². The van der Waals surface area contributed by atoms with Gasteiger partial charge in [0.1, 0.15) is 53.9 Å². The summed E-state index contributed by atoms with van der Waals surface area (Å²) in [6.45, 7) is 9.26. The molecule has 4 heterocycles. The number of methoxy groups -OCH3 is 1. The van der Waals surface area contributed by atoms with E-state index in [2.05, 4.69) is 0 Å². The van der Waals surface area contributed by atoms with Crippen molar-refractivity contribution >= 4 is 22.3 Å². The van der Waals surface area contributed by atoms with Crippen LogP contribution in [0.3, 0.4) is 0 Å². The second-order valence-electron chi connectivity index (χ2n) is 18.2. The number of phenolic OH excluding ortho intramolecular Hbond substituents is 2. The Balaban J connectivity index is 1.16. The minimum atomic E-state index is -1.90. The average Bonchev–Trinajstić information content (AvgIpc) is 3.24. The van der Waals surface area contributed by atoms with Crippen molar-refractivity contribution in [1.29, 1.82) is 0 Å². The van der Waals surface area contributed by atoms with Crippen LogP contribution in [-0.4, -0.2) is 181 Å². The fourth-order valence-electron chi connectivity index (χ4n) is 9.55. The van der Waals surface area contributed by atoms with E-state index in [1.54, 1.807) is 46.8 Å². The highest BCUT2D eigenvalue weighted by Crippen LogP contribution is 2.47. The number of rotatable bonds is 13. The first kappa shape index (κ1) is 49.7. The number of aliphatic hydroxyl groups excluding tert-OH is 7. The fourth-order valence-corrected chi connectivity index (χ4v) is 9.55. The first-order valence-corrected chi connectivity index (χ1v) is 22.3. The SMILES string of the molecule is CO[C@H](C(=O)[C@@H](O)[C@@H](C)O)[C@@H]1Cc2cc3cc(O[C@H]4CC[C@H](O)C(C)O4)c(C)c(O)c3c(O)c2C(=O)[C@H]1O[C@H]1C[C@@H](O[C@H]2C[C@@H](O[C@H]3C[C@@H](O)[C@H](O)C(C)O3)[C@H](O)C(C)O2)[C@H](O)C(C)O1. The molecule has 1 aliphatic carbocycles. The van der Waals surface area contributed by atoms with E-state index in [0.29, 0.717) is 12.8 Å². The summed E-state index contributed by atoms with van der Waals surface area (Å²) in [6.07, 6.45) is -20.4. The van der Waals surface area contributed by atoms with Gasteiger partial charge >= 0.3 is 0 Å². The van der Waals surface area contributed by atoms with E-state index in [9.17, 15) is 55.5 Å². The summed E-state index contributed by atoms with van der Waals surface area (Å²) in [5.41, 5.74) is 0.292. The molecule has 2 aromatic rings. The molecule has 5 aliphatic rings. The summed E-state index contributed by atoms with van der Waals surface area (Å²) in [7, 11) is 1.20. The van der Waals surface area contributed by atoms with Crippen LogP contribution in [0.25, 0.3) is 10.8 Å². The van der Waals surface area contributed by atoms with Gasteiger partial charge in [-0.1, -0.05) is 0 Å². The summed E-state index contributed by atoms with van der Waals surface area (Å²) in [5, 5.41) is 97.3. The Morgan fingerprint density at radius 2 is 1.28 bits per heavy atom. The third kappa shape index (κ3) is 10.2. The third-order valence-electron chi connectivity index (χ3n) is 13.5. The van der Waals surface area contributed by atoms with Gasteiger partial charge in [0, 0.05) is 44.3 Å². The van der Waals surface area contributed by atoms with E-state index in [4.69, 9.17) is 42.6 Å². The molecule has 0 bridgehead atoms. The summed E-state index contributed by atoms with van der Waals surface area (Å²) < 4.78 is 54.0. The molecule has 0 amide bonds. The smallest absolute Gasteiger partial charge is 0.200 e. The molecule has 20 nitrogen and oxygen atoms in total. The van der Waals surface area contributed by atoms with E-state index >= 15 is 0 Å². The molecule has 0 saturated carbocycles. The second-order valence-corrected chi connectivity index (χ2v) is 18.2. The molecular formula is C45H64O20. The number of phenols is 2. The Labute approximate surface area is 375 Å². The van der Waals surface area contributed by atoms with Crippen LogP contribution >= 0.6 is 0 Å². The lowest BCUT2D eigenvalue weighted by atomic mass is 9.75. The molecule has 20 atom stereocenters. The van der Waals surface area contributed by atoms with Crippen LogP contribution < -0.4 is 4.74 Å². The molecular weight excluding hydrogens is 860 g/mol. The number of fused-ring (bicyclic) bond motifs is 2. The highest BCUT2D eigenvalue weighted by Gasteiger charge is 2.50. The zero-order valence-corrected chi connectivity index (χ0v) is 37.5. The van der Waals surface area contributed by atoms with Crippen LogP contribution in [-0.2, 0) is 49.1 Å². The second kappa shape index (κ2) is 20.2. The molecule has 20 heteroatoms. The number of aliphatic hydroxyl groups is 7. The minimum Gasteiger partial charge on any atom is -0.507 e. The van der Waals surface area contributed by atoms with Crippen molar-refractivity contribution < 1.29 is 98.2 Å². The van der Waals surface area contributed by atoms with Gasteiger partial charge in [0.15, 0.2) is 36.7 Å². The van der Waals surface area contributed by atoms with Gasteiger partial charge < -0.3 is 88.6 Å². The van der Waals surface area contributed by atoms with Crippen LogP contribution in [0.1, 0.15) is 88.2 Å². The van der Waals surface area contributed by atoms with Crippen molar-refractivity contribution in [3.8, 4) is 17.2 Å². The lowest BCUT2D eigenvalue weighted by molar-refractivity contribution is -0.329. The highest BCUT2D eigenvalue weighted by atomic mass is 16.7. The molecule has 0 aromatic heterocycles. The van der Waals surface area contributed by atoms with Gasteiger partial charge in [-0.2, -0.15) is 0 Å². The van der Waals surface area contributed by atoms with Gasteiger partial charge in [0.25, 0.3) is 0 Å². The van der Waals surface area contributed by atoms with Crippen molar-refractivity contribution in [2.45, 2.75) is 197 Å². The number of aromatic hydroxyl groups is 2. The summed E-state index contributed by atoms with van der Waals surface area (Å²) in [5.74, 6) is -3.63. The predicted octanol–water partition coefficient (Wildman–Crippen LogP) is 0.509. The van der Waals surface area contributed by atoms with Crippen LogP contribution in [0.4, 0.5) is 0 Å². The molecule has 0 radical (unpaired) electrons. The molecule has 9 N–H and O–H groups in total. The lowest BCUT2D eigenvalue weighted by Gasteiger charge is -2.45. The molecule has 2 aromatic carbocycles. The number of carbonyl (C=O) groups is 2. The van der Waals surface area contributed by atoms with E-state index in [1.807, 2.05) is 0 Å². The highest BCUT2D eigenvalue weighted by molar-refractivity contribution is 6.11. The standard InChI is InChI=1S/C45H64O20/c1-16-27(62-30-9-8-25(47)18(3)58-30)12-23-10-22-11-24(44(57-7)43(56)37(50)17(2)46)45(42(55)35(22)41(54)34(23)36(16)49)65-33-15-29(40(53)21(6)61-33)64-32-14-28(39(52)20(5)60-32)63-31-13-26(48)38(51)19(4)59-31/h10,12,17-21,24-26,28-33,37-40,44-54H,8-9,11,13-15H2,1-7H3/t17-,18?,19?,20?,21?,24+,25+,26-,28-,29-,30+,31+,32+,33+,37+,38-,39-,40-,44+,45+/m1/s1. The van der Waals surface area contributed by atoms with Crippen molar-refractivity contribution in [2.75, 3.05) is 7.11 Å². The normalized spacial score (nSPS) is 39.4. The van der Waals surface area contributed by atoms with Crippen molar-refractivity contribution in [3.63, 3.8) is 0 Å². The first-order valence-electron chi connectivity index (χ1n) is 22.3. The van der Waals surface area contributed by atoms with Gasteiger partial charge in [-0.15, -0.1) is 0 Å². The maximum absolute atomic E-state index is 14.8. The molecule has 4 aliphatic heterocycles. The van der Waals surface area contributed by atoms with E-state index in [0.717, 1.165) is 0 Å². The molecule has 4 fully saturated rings. The number of benzene rings is 2. The van der Waals surface area contributed by atoms with Gasteiger partial charge in [-0.05, 0) is 77.5 Å². The van der Waals surface area contributed by atoms with Crippen molar-refractivity contribution in [3.05, 3.63) is 28.8 Å². The number of Topliss-reactive ketones (excluding diaryl/α,β-unsaturated/α-hetero) is 2. The quantitative estimate of drug-likeness (QED) is 0.132. The van der Waals surface area contributed by atoms with Crippen molar-refractivity contribution in [1.82, 2.24) is 0 Å². The van der Waals surface area contributed by atoms with Gasteiger partial charge in [0.2, 0.25) is 0 Å². The zero-order chi connectivity index (χ0) is 47.3. The molecule has 0 spiro atoms. The Morgan fingerprint density at radius 3 is 1.83 bits per heavy atom. The van der Waals surface area contributed by atoms with Gasteiger partial charge in [-0.3, -0.25) is 9.59 Å². The summed E-state index contributed by atoms with van der Waals surface area (Å²) in [4.78, 5) is 28.6. The van der Waals surface area contributed by atoms with Gasteiger partial charge in [0.05, 0.1) is 65.9 Å². The maximum Gasteiger partial charge on any atom is 0.200 e. The number of ether oxygens (including phenoxy) is 9. The average molecular weight is 925 g/mol. The van der Waals surface area contributed by atoms with Crippen LogP contribution in [0.2, 0.25) is 0 Å². The van der Waals surface area contributed by atoms with E-state index < -0.39 is 140 Å². The minimum absolute atomic E-state index is 0.0313. The fraction of sp³-hybridized carbons (Fsp3) is 0.733. The monoisotopic (exact) mass is 924 g/mol. The zero-order valence-electron chi connectivity index (χ0n) is 37.5. The summed E-state index contributed by atoms with van der Waals surface area (Å²) >= 11 is 0. The summed E-state index contributed by atoms with van der Waals surface area (Å²) in [6, 6.07) is 3.15. The molecule has 65 heavy (non-hydrogen) atoms. The number of ketones is 2. The Kier molecular flexibility index (Phi) is 15.5. The molecule has 7 rings (SSSR count). The van der Waals surface area contributed by atoms with E-state index in [1.165, 1.54) is 14.0 Å². The first-order chi connectivity index (χ1) is 30.7. The number of carbonyl (C=O) groups excluding carboxylic acids is 2. The Bertz CT molecular complexity index is 2000. The molecule has 4 unspecified atom stereocenters. The Hall–Kier alpha value is -3.16. The maximum atomic E-state index is 14.8. The Morgan fingerprint density at radius 1 is 0.723 bits per heavy atom. The molecule has 364 valence electrons. The number of hydrogen-bond acceptors (Lipinski definition) is 20. The third-order valence-corrected chi connectivity index (χ3v) is 13.5. The topological polar surface area (TPSA) is 299 Å². The van der Waals surface area contributed by atoms with E-state index in [-0.39, 0.29) is 64.6 Å². The van der Waals surface area contributed by atoms with Crippen LogP contribution in [0, 0.1) is 12.8 Å². The predicted molar refractivity (Wildman–Crippen MR) is 223 cm³/mol. The lowest BCUT2D eigenvalue weighted by Crippen LogP contribution is -2.57. The largest absolute Gasteiger partial charge is 0.507 e. The van der Waals surface area contributed by atoms with Crippen LogP contribution in [0.5, 0.6) is 17.2 Å².